The van der Waals surface area contributed by atoms with Crippen molar-refractivity contribution in [2.45, 2.75) is 44.8 Å². The number of likely N-dealkylation sites (tertiary alicyclic amines) is 1. The number of aromatic nitrogens is 1. The number of benzene rings is 1. The molecule has 24 heavy (non-hydrogen) atoms. The van der Waals surface area contributed by atoms with Gasteiger partial charge < -0.3 is 19.7 Å². The smallest absolute Gasteiger partial charge is 0.410 e. The number of hydrogen-bond donors (Lipinski definition) is 2. The number of rotatable bonds is 1. The molecule has 1 aliphatic rings. The number of aromatic amines is 1. The molecule has 130 valence electrons. The molecule has 0 bridgehead atoms. The van der Waals surface area contributed by atoms with Gasteiger partial charge in [-0.2, -0.15) is 0 Å². The lowest BCUT2D eigenvalue weighted by Crippen LogP contribution is -2.47. The molecule has 5 nitrogen and oxygen atoms in total. The molecule has 1 fully saturated rings. The molecule has 0 aliphatic carbocycles. The molecule has 1 amide bonds. The van der Waals surface area contributed by atoms with Gasteiger partial charge in [0.25, 0.3) is 0 Å². The second-order valence-corrected chi connectivity index (χ2v) is 7.32. The van der Waals surface area contributed by atoms with Crippen LogP contribution in [0, 0.1) is 5.82 Å². The van der Waals surface area contributed by atoms with Crippen molar-refractivity contribution < 1.29 is 19.0 Å². The third-order valence-corrected chi connectivity index (χ3v) is 4.31. The molecule has 2 N–H and O–H groups in total. The zero-order valence-electron chi connectivity index (χ0n) is 14.2. The molecule has 2 atom stereocenters. The summed E-state index contributed by atoms with van der Waals surface area (Å²) in [5.74, 6) is -0.390. The number of aliphatic hydroxyl groups is 1. The van der Waals surface area contributed by atoms with Crippen LogP contribution in [0.3, 0.4) is 0 Å². The van der Waals surface area contributed by atoms with Crippen molar-refractivity contribution in [1.29, 1.82) is 0 Å². The van der Waals surface area contributed by atoms with Gasteiger partial charge in [0.2, 0.25) is 0 Å². The lowest BCUT2D eigenvalue weighted by Gasteiger charge is -2.36. The van der Waals surface area contributed by atoms with E-state index in [4.69, 9.17) is 4.74 Å². The number of ether oxygens (including phenoxy) is 1. The summed E-state index contributed by atoms with van der Waals surface area (Å²) >= 11 is 0. The minimum absolute atomic E-state index is 0.0945. The molecular formula is C18H23FN2O3. The molecule has 6 heteroatoms. The Balaban J connectivity index is 1.75. The SMILES string of the molecule is CC(C)(C)OC(=O)N1CC[C@@H](c2c[nH]c3cc(F)ccc23)[C@H](O)C1. The van der Waals surface area contributed by atoms with E-state index < -0.39 is 17.8 Å². The Hall–Kier alpha value is -2.08. The van der Waals surface area contributed by atoms with Gasteiger partial charge in [0.05, 0.1) is 12.6 Å². The number of nitrogens with zero attached hydrogens (tertiary/aromatic N) is 1. The standard InChI is InChI=1S/C18H23FN2O3/c1-18(2,3)24-17(23)21-7-6-13(16(22)10-21)14-9-20-15-8-11(19)4-5-12(14)15/h4-5,8-9,13,16,20,22H,6-7,10H2,1-3H3/t13-,16+/m0/s1. The van der Waals surface area contributed by atoms with Crippen molar-refractivity contribution >= 4 is 17.0 Å². The maximum absolute atomic E-state index is 13.3. The van der Waals surface area contributed by atoms with E-state index in [1.54, 1.807) is 11.0 Å². The van der Waals surface area contributed by atoms with Crippen LogP contribution in [0.5, 0.6) is 0 Å². The molecule has 2 aromatic rings. The first-order valence-electron chi connectivity index (χ1n) is 8.17. The normalized spacial score (nSPS) is 22.0. The van der Waals surface area contributed by atoms with E-state index in [9.17, 15) is 14.3 Å². The van der Waals surface area contributed by atoms with Crippen LogP contribution in [0.1, 0.15) is 38.7 Å². The zero-order valence-corrected chi connectivity index (χ0v) is 14.2. The fraction of sp³-hybridized carbons (Fsp3) is 0.500. The molecule has 1 aromatic heterocycles. The Morgan fingerprint density at radius 1 is 1.42 bits per heavy atom. The molecule has 0 unspecified atom stereocenters. The summed E-state index contributed by atoms with van der Waals surface area (Å²) in [6.45, 7) is 6.20. The van der Waals surface area contributed by atoms with Gasteiger partial charge in [0.15, 0.2) is 0 Å². The molecule has 1 saturated heterocycles. The number of carbonyl (C=O) groups excluding carboxylic acids is 1. The monoisotopic (exact) mass is 334 g/mol. The van der Waals surface area contributed by atoms with Gasteiger partial charge in [-0.3, -0.25) is 0 Å². The number of hydrogen-bond acceptors (Lipinski definition) is 3. The van der Waals surface area contributed by atoms with E-state index >= 15 is 0 Å². The number of β-amino-alcohol motifs (C(OH)–C–C–N with tert-alkyl or cyclic N) is 1. The Kier molecular flexibility index (Phi) is 4.25. The van der Waals surface area contributed by atoms with E-state index in [1.807, 2.05) is 27.0 Å². The van der Waals surface area contributed by atoms with Gasteiger partial charge in [-0.1, -0.05) is 0 Å². The quantitative estimate of drug-likeness (QED) is 0.840. The highest BCUT2D eigenvalue weighted by molar-refractivity contribution is 5.84. The summed E-state index contributed by atoms with van der Waals surface area (Å²) < 4.78 is 18.7. The van der Waals surface area contributed by atoms with Crippen molar-refractivity contribution in [1.82, 2.24) is 9.88 Å². The summed E-state index contributed by atoms with van der Waals surface area (Å²) in [4.78, 5) is 16.7. The lowest BCUT2D eigenvalue weighted by atomic mass is 9.87. The number of halogens is 1. The first kappa shape index (κ1) is 16.8. The maximum Gasteiger partial charge on any atom is 0.410 e. The van der Waals surface area contributed by atoms with E-state index in [2.05, 4.69) is 4.98 Å². The lowest BCUT2D eigenvalue weighted by molar-refractivity contribution is -0.00138. The van der Waals surface area contributed by atoms with Crippen LogP contribution in [0.4, 0.5) is 9.18 Å². The van der Waals surface area contributed by atoms with E-state index in [-0.39, 0.29) is 18.3 Å². The summed E-state index contributed by atoms with van der Waals surface area (Å²) in [7, 11) is 0. The summed E-state index contributed by atoms with van der Waals surface area (Å²) in [5, 5.41) is 11.4. The van der Waals surface area contributed by atoms with E-state index in [0.29, 0.717) is 18.5 Å². The Bertz CT molecular complexity index is 750. The Labute approximate surface area is 140 Å². The average Bonchev–Trinajstić information content (AvgIpc) is 2.88. The predicted octanol–water partition coefficient (Wildman–Crippen LogP) is 3.39. The van der Waals surface area contributed by atoms with Crippen molar-refractivity contribution in [3.05, 3.63) is 35.8 Å². The van der Waals surface area contributed by atoms with Gasteiger partial charge >= 0.3 is 6.09 Å². The fourth-order valence-electron chi connectivity index (χ4n) is 3.21. The van der Waals surface area contributed by atoms with Crippen LogP contribution in [0.25, 0.3) is 10.9 Å². The minimum Gasteiger partial charge on any atom is -0.444 e. The highest BCUT2D eigenvalue weighted by atomic mass is 19.1. The first-order chi connectivity index (χ1) is 11.2. The summed E-state index contributed by atoms with van der Waals surface area (Å²) in [5.41, 5.74) is 1.12. The number of fused-ring (bicyclic) bond motifs is 1. The number of carbonyl (C=O) groups is 1. The van der Waals surface area contributed by atoms with Crippen LogP contribution in [0.15, 0.2) is 24.4 Å². The van der Waals surface area contributed by atoms with Gasteiger partial charge in [0.1, 0.15) is 11.4 Å². The molecule has 3 rings (SSSR count). The topological polar surface area (TPSA) is 65.6 Å². The van der Waals surface area contributed by atoms with Crippen molar-refractivity contribution in [2.75, 3.05) is 13.1 Å². The highest BCUT2D eigenvalue weighted by Gasteiger charge is 2.34. The minimum atomic E-state index is -0.685. The van der Waals surface area contributed by atoms with Crippen molar-refractivity contribution in [3.8, 4) is 0 Å². The first-order valence-corrected chi connectivity index (χ1v) is 8.17. The van der Waals surface area contributed by atoms with E-state index in [0.717, 1.165) is 10.9 Å². The van der Waals surface area contributed by atoms with Crippen molar-refractivity contribution in [3.63, 3.8) is 0 Å². The molecule has 0 radical (unpaired) electrons. The average molecular weight is 334 g/mol. The summed E-state index contributed by atoms with van der Waals surface area (Å²) in [6, 6.07) is 4.59. The molecular weight excluding hydrogens is 311 g/mol. The van der Waals surface area contributed by atoms with Crippen LogP contribution >= 0.6 is 0 Å². The number of H-pyrrole nitrogens is 1. The third-order valence-electron chi connectivity index (χ3n) is 4.31. The Morgan fingerprint density at radius 2 is 2.17 bits per heavy atom. The summed E-state index contributed by atoms with van der Waals surface area (Å²) in [6.07, 6.45) is 1.36. The number of amides is 1. The highest BCUT2D eigenvalue weighted by Crippen LogP contribution is 2.34. The van der Waals surface area contributed by atoms with Crippen LogP contribution in [-0.2, 0) is 4.74 Å². The molecule has 1 aromatic carbocycles. The molecule has 2 heterocycles. The van der Waals surface area contributed by atoms with Gasteiger partial charge in [0, 0.05) is 29.6 Å². The van der Waals surface area contributed by atoms with Gasteiger partial charge in [-0.25, -0.2) is 9.18 Å². The Morgan fingerprint density at radius 3 is 2.83 bits per heavy atom. The number of nitrogens with one attached hydrogen (secondary N) is 1. The van der Waals surface area contributed by atoms with Crippen LogP contribution in [0.2, 0.25) is 0 Å². The van der Waals surface area contributed by atoms with Crippen molar-refractivity contribution in [2.24, 2.45) is 0 Å². The number of aliphatic hydroxyl groups excluding tert-OH is 1. The van der Waals surface area contributed by atoms with Gasteiger partial charge in [-0.05, 0) is 51.0 Å². The largest absolute Gasteiger partial charge is 0.444 e. The maximum atomic E-state index is 13.3. The van der Waals surface area contributed by atoms with E-state index in [1.165, 1.54) is 12.1 Å². The molecule has 0 spiro atoms. The zero-order chi connectivity index (χ0) is 17.5. The van der Waals surface area contributed by atoms with Crippen LogP contribution in [-0.4, -0.2) is 45.9 Å². The third kappa shape index (κ3) is 3.38. The predicted molar refractivity (Wildman–Crippen MR) is 89.4 cm³/mol. The fourth-order valence-corrected chi connectivity index (χ4v) is 3.21. The molecule has 0 saturated carbocycles. The second-order valence-electron chi connectivity index (χ2n) is 7.32. The molecule has 1 aliphatic heterocycles. The number of piperidine rings is 1. The van der Waals surface area contributed by atoms with Gasteiger partial charge in [-0.15, -0.1) is 0 Å². The van der Waals surface area contributed by atoms with Crippen LogP contribution < -0.4 is 0 Å². The second kappa shape index (κ2) is 6.09.